The van der Waals surface area contributed by atoms with E-state index in [0.717, 1.165) is 0 Å². The highest BCUT2D eigenvalue weighted by Crippen LogP contribution is 2.27. The minimum Gasteiger partial charge on any atom is -0.180 e. The average molecular weight is 229 g/mol. The third-order valence-electron chi connectivity index (χ3n) is 1.53. The number of rotatable bonds is 0. The summed E-state index contributed by atoms with van der Waals surface area (Å²) in [5.41, 5.74) is 0. The van der Waals surface area contributed by atoms with Crippen molar-refractivity contribution in [2.75, 3.05) is 5.75 Å². The van der Waals surface area contributed by atoms with E-state index in [2.05, 4.69) is 12.5 Å². The van der Waals surface area contributed by atoms with Gasteiger partial charge in [0.15, 0.2) is 0 Å². The quantitative estimate of drug-likeness (QED) is 0.607. The molecule has 2 aliphatic rings. The molecule has 3 atom stereocenters. The maximum Gasteiger partial charge on any atom is 0.452 e. The summed E-state index contributed by atoms with van der Waals surface area (Å²) >= 11 is 0. The predicted octanol–water partition coefficient (Wildman–Crippen LogP) is 1.80. The Morgan fingerprint density at radius 1 is 1.46 bits per heavy atom. The van der Waals surface area contributed by atoms with E-state index < -0.39 is 33.8 Å². The summed E-state index contributed by atoms with van der Waals surface area (Å²) in [5.74, 6) is -0.356. The zero-order valence-electron chi connectivity index (χ0n) is 6.58. The van der Waals surface area contributed by atoms with E-state index in [4.69, 9.17) is 0 Å². The molecule has 2 bridgehead atoms. The summed E-state index contributed by atoms with van der Waals surface area (Å²) in [6, 6.07) is 0. The number of halogens is 3. The summed E-state index contributed by atoms with van der Waals surface area (Å²) in [7, 11) is -1.56. The van der Waals surface area contributed by atoms with Gasteiger partial charge in [0.2, 0.25) is 0 Å². The highest BCUT2D eigenvalue weighted by Gasteiger charge is 2.40. The van der Waals surface area contributed by atoms with Crippen LogP contribution >= 0.6 is 0 Å². The smallest absolute Gasteiger partial charge is 0.180 e. The first-order valence-electron chi connectivity index (χ1n) is 3.50. The molecular weight excluding hydrogens is 223 g/mol. The number of hydrogen-bond donors (Lipinski definition) is 0. The average Bonchev–Trinajstić information content (AvgIpc) is 2.24. The third kappa shape index (κ3) is 1.69. The van der Waals surface area contributed by atoms with Gasteiger partial charge in [0, 0.05) is 32.8 Å². The zero-order valence-corrected chi connectivity index (χ0v) is 8.21. The minimum atomic E-state index is -4.41. The highest BCUT2D eigenvalue weighted by atomic mass is 32.2. The summed E-state index contributed by atoms with van der Waals surface area (Å²) in [6.07, 6.45) is -4.41. The zero-order chi connectivity index (χ0) is 9.64. The molecule has 2 heterocycles. The molecule has 1 unspecified atom stereocenters. The summed E-state index contributed by atoms with van der Waals surface area (Å²) < 4.78 is 47.5. The molecule has 0 saturated carbocycles. The molecule has 8 heteroatoms. The molecule has 0 amide bonds. The van der Waals surface area contributed by atoms with Gasteiger partial charge in [0.05, 0.1) is 0 Å². The Balaban J connectivity index is 2.38. The molecule has 0 aromatic carbocycles. The maximum absolute atomic E-state index is 12.2. The largest absolute Gasteiger partial charge is 0.452 e. The molecule has 0 radical (unpaired) electrons. The maximum atomic E-state index is 12.2. The van der Waals surface area contributed by atoms with Crippen molar-refractivity contribution in [1.29, 1.82) is 0 Å². The third-order valence-corrected chi connectivity index (χ3v) is 5.47. The van der Waals surface area contributed by atoms with Gasteiger partial charge in [0.1, 0.15) is 0 Å². The number of hydrogen-bond acceptors (Lipinski definition) is 3. The molecular formula is C5H6F3N3S2. The number of fused-ring (bicyclic) bond motifs is 1. The van der Waals surface area contributed by atoms with E-state index in [0.29, 0.717) is 5.75 Å². The molecule has 0 aliphatic carbocycles. The van der Waals surface area contributed by atoms with E-state index in [9.17, 15) is 13.2 Å². The number of amidine groups is 1. The van der Waals surface area contributed by atoms with Crippen LogP contribution in [0.3, 0.4) is 0 Å². The van der Waals surface area contributed by atoms with Crippen LogP contribution in [0.5, 0.6) is 0 Å². The highest BCUT2D eigenvalue weighted by molar-refractivity contribution is 8.01. The summed E-state index contributed by atoms with van der Waals surface area (Å²) in [4.78, 5) is 0. The van der Waals surface area contributed by atoms with Crippen LogP contribution in [0.25, 0.3) is 0 Å². The van der Waals surface area contributed by atoms with Gasteiger partial charge < -0.3 is 0 Å². The molecule has 13 heavy (non-hydrogen) atoms. The van der Waals surface area contributed by atoms with Crippen LogP contribution < -0.4 is 0 Å². The van der Waals surface area contributed by atoms with Crippen molar-refractivity contribution >= 4 is 27.6 Å². The van der Waals surface area contributed by atoms with Crippen LogP contribution in [0.4, 0.5) is 13.2 Å². The van der Waals surface area contributed by atoms with Crippen molar-refractivity contribution < 1.29 is 13.2 Å². The van der Waals surface area contributed by atoms with Gasteiger partial charge >= 0.3 is 6.18 Å². The molecule has 0 saturated heterocycles. The van der Waals surface area contributed by atoms with Crippen LogP contribution in [0, 0.1) is 0 Å². The van der Waals surface area contributed by atoms with Gasteiger partial charge in [0.25, 0.3) is 5.84 Å². The van der Waals surface area contributed by atoms with Crippen molar-refractivity contribution in [2.24, 2.45) is 12.5 Å². The van der Waals surface area contributed by atoms with Crippen LogP contribution in [-0.2, 0) is 21.8 Å². The van der Waals surface area contributed by atoms with Crippen molar-refractivity contribution in [3.05, 3.63) is 0 Å². The topological polar surface area (TPSA) is 37.1 Å². The lowest BCUT2D eigenvalue weighted by atomic mass is 10.6. The molecule has 74 valence electrons. The van der Waals surface area contributed by atoms with Crippen molar-refractivity contribution in [2.45, 2.75) is 18.3 Å². The molecule has 0 spiro atoms. The predicted molar refractivity (Wildman–Crippen MR) is 47.4 cm³/mol. The van der Waals surface area contributed by atoms with Crippen LogP contribution in [-0.4, -0.2) is 23.0 Å². The molecule has 0 fully saturated rings. The molecule has 2 rings (SSSR count). The first-order valence-corrected chi connectivity index (χ1v) is 6.01. The van der Waals surface area contributed by atoms with Crippen LogP contribution in [0.2, 0.25) is 0 Å². The normalized spacial score (nSPS) is 37.8. The first kappa shape index (κ1) is 9.32. The Labute approximate surface area is 77.9 Å². The first-order chi connectivity index (χ1) is 5.97. The summed E-state index contributed by atoms with van der Waals surface area (Å²) in [6.45, 7) is 1.86. The van der Waals surface area contributed by atoms with Gasteiger partial charge in [-0.15, -0.1) is 0 Å². The Morgan fingerprint density at radius 3 is 2.69 bits per heavy atom. The second-order valence-electron chi connectivity index (χ2n) is 2.69. The Kier molecular flexibility index (Phi) is 2.06. The van der Waals surface area contributed by atoms with Crippen LogP contribution in [0.15, 0.2) is 12.5 Å². The van der Waals surface area contributed by atoms with E-state index in [-0.39, 0.29) is 5.25 Å². The second-order valence-corrected chi connectivity index (χ2v) is 6.05. The molecule has 0 aromatic rings. The Hall–Kier alpha value is -0.240. The SMILES string of the molecule is C[C@@H]1C[S@@]2=NC(C(F)(F)F)=NS1=N2. The fourth-order valence-electron chi connectivity index (χ4n) is 0.932. The minimum absolute atomic E-state index is 0.118. The second kappa shape index (κ2) is 2.88. The lowest BCUT2D eigenvalue weighted by Gasteiger charge is -2.07. The monoisotopic (exact) mass is 229 g/mol. The van der Waals surface area contributed by atoms with Gasteiger partial charge in [-0.05, 0) is 6.92 Å². The van der Waals surface area contributed by atoms with E-state index in [1.165, 1.54) is 0 Å². The fraction of sp³-hybridized carbons (Fsp3) is 0.800. The number of nitrogens with zero attached hydrogens (tertiary/aromatic N) is 3. The van der Waals surface area contributed by atoms with Gasteiger partial charge in [-0.2, -0.15) is 25.7 Å². The molecule has 0 aromatic heterocycles. The van der Waals surface area contributed by atoms with Gasteiger partial charge in [-0.25, -0.2) is 0 Å². The molecule has 3 nitrogen and oxygen atoms in total. The van der Waals surface area contributed by atoms with Crippen molar-refractivity contribution in [3.8, 4) is 0 Å². The van der Waals surface area contributed by atoms with E-state index in [1.807, 2.05) is 6.92 Å². The summed E-state index contributed by atoms with van der Waals surface area (Å²) in [5, 5.41) is 0.118. The van der Waals surface area contributed by atoms with E-state index >= 15 is 0 Å². The Morgan fingerprint density at radius 2 is 2.15 bits per heavy atom. The standard InChI is InChI=1S/C5H6F3N3S2/c1-3-2-12-9-4(5(6,7)8)10-13(3)11-12/h3H,2H2,1H3/t3-,12-,13?/m1/s1. The van der Waals surface area contributed by atoms with Gasteiger partial charge in [-0.1, -0.05) is 0 Å². The molecule has 0 N–H and O–H groups in total. The fourth-order valence-corrected chi connectivity index (χ4v) is 4.98. The Bertz CT molecular complexity index is 343. The van der Waals surface area contributed by atoms with Gasteiger partial charge in [-0.3, -0.25) is 0 Å². The van der Waals surface area contributed by atoms with Crippen molar-refractivity contribution in [3.63, 3.8) is 0 Å². The van der Waals surface area contributed by atoms with E-state index in [1.54, 1.807) is 0 Å². The van der Waals surface area contributed by atoms with Crippen molar-refractivity contribution in [1.82, 2.24) is 0 Å². The molecule has 2 aliphatic heterocycles. The lowest BCUT2D eigenvalue weighted by Crippen LogP contribution is -2.22. The number of alkyl halides is 3. The van der Waals surface area contributed by atoms with Crippen LogP contribution in [0.1, 0.15) is 6.92 Å². The lowest BCUT2D eigenvalue weighted by molar-refractivity contribution is -0.0593.